The molecule has 1 aliphatic carbocycles. The topological polar surface area (TPSA) is 87.7 Å². The fourth-order valence-electron chi connectivity index (χ4n) is 2.28. The first kappa shape index (κ1) is 14.8. The molecule has 2 amide bonds. The lowest BCUT2D eigenvalue weighted by molar-refractivity contribution is -0.140. The van der Waals surface area contributed by atoms with E-state index in [0.717, 1.165) is 12.8 Å². The van der Waals surface area contributed by atoms with Crippen LogP contribution in [0.1, 0.15) is 26.7 Å². The molecule has 104 valence electrons. The Bertz CT molecular complexity index is 308. The molecule has 0 heterocycles. The average Bonchev–Trinajstić information content (AvgIpc) is 2.60. The molecule has 0 aromatic heterocycles. The summed E-state index contributed by atoms with van der Waals surface area (Å²) in [5, 5.41) is 14.1. The molecule has 1 fully saturated rings. The predicted molar refractivity (Wildman–Crippen MR) is 66.3 cm³/mol. The minimum Gasteiger partial charge on any atom is -0.480 e. The maximum atomic E-state index is 11.7. The Morgan fingerprint density at radius 1 is 1.39 bits per heavy atom. The van der Waals surface area contributed by atoms with Crippen LogP contribution in [-0.2, 0) is 9.53 Å². The standard InChI is InChI=1S/C12H22N2O4/c1-7-4-5-9(8(7)2)13-12(17)14-10(6-18-3)11(15)16/h7-10H,4-6H2,1-3H3,(H,15,16)(H2,13,14,17). The number of carboxylic acid groups (broad SMARTS) is 1. The molecule has 6 nitrogen and oxygen atoms in total. The minimum atomic E-state index is -1.10. The van der Waals surface area contributed by atoms with E-state index < -0.39 is 18.0 Å². The summed E-state index contributed by atoms with van der Waals surface area (Å²) in [5.41, 5.74) is 0. The Hall–Kier alpha value is -1.30. The van der Waals surface area contributed by atoms with Crippen LogP contribution in [0.2, 0.25) is 0 Å². The van der Waals surface area contributed by atoms with Crippen molar-refractivity contribution in [3.05, 3.63) is 0 Å². The van der Waals surface area contributed by atoms with Crippen LogP contribution in [0.4, 0.5) is 4.79 Å². The lowest BCUT2D eigenvalue weighted by Gasteiger charge is -2.21. The van der Waals surface area contributed by atoms with Gasteiger partial charge in [-0.05, 0) is 24.7 Å². The van der Waals surface area contributed by atoms with E-state index in [0.29, 0.717) is 11.8 Å². The van der Waals surface area contributed by atoms with Gasteiger partial charge in [0, 0.05) is 13.2 Å². The van der Waals surface area contributed by atoms with Gasteiger partial charge in [0.15, 0.2) is 6.04 Å². The first-order valence-electron chi connectivity index (χ1n) is 6.24. The summed E-state index contributed by atoms with van der Waals surface area (Å²) in [7, 11) is 1.40. The van der Waals surface area contributed by atoms with Gasteiger partial charge in [-0.1, -0.05) is 13.8 Å². The molecule has 1 saturated carbocycles. The Morgan fingerprint density at radius 2 is 2.06 bits per heavy atom. The van der Waals surface area contributed by atoms with Gasteiger partial charge in [0.2, 0.25) is 0 Å². The van der Waals surface area contributed by atoms with E-state index in [9.17, 15) is 9.59 Å². The number of hydrogen-bond donors (Lipinski definition) is 3. The highest BCUT2D eigenvalue weighted by atomic mass is 16.5. The predicted octanol–water partition coefficient (Wildman–Crippen LogP) is 0.820. The number of rotatable bonds is 5. The van der Waals surface area contributed by atoms with Crippen LogP contribution < -0.4 is 10.6 Å². The van der Waals surface area contributed by atoms with Gasteiger partial charge in [0.25, 0.3) is 0 Å². The molecule has 0 aromatic carbocycles. The number of carbonyl (C=O) groups is 2. The fraction of sp³-hybridized carbons (Fsp3) is 0.833. The molecule has 0 aromatic rings. The van der Waals surface area contributed by atoms with Crippen molar-refractivity contribution in [1.82, 2.24) is 10.6 Å². The zero-order valence-electron chi connectivity index (χ0n) is 11.1. The van der Waals surface area contributed by atoms with Crippen LogP contribution in [0.25, 0.3) is 0 Å². The summed E-state index contributed by atoms with van der Waals surface area (Å²) in [5.74, 6) is -0.0918. The van der Waals surface area contributed by atoms with Gasteiger partial charge in [-0.25, -0.2) is 9.59 Å². The molecule has 4 unspecified atom stereocenters. The number of hydrogen-bond acceptors (Lipinski definition) is 3. The Balaban J connectivity index is 2.43. The molecule has 6 heteroatoms. The van der Waals surface area contributed by atoms with Crippen molar-refractivity contribution in [2.75, 3.05) is 13.7 Å². The first-order chi connectivity index (χ1) is 8.45. The molecule has 18 heavy (non-hydrogen) atoms. The summed E-state index contributed by atoms with van der Waals surface area (Å²) in [6.45, 7) is 4.22. The van der Waals surface area contributed by atoms with Crippen LogP contribution in [0.15, 0.2) is 0 Å². The second-order valence-electron chi connectivity index (χ2n) is 4.98. The van der Waals surface area contributed by atoms with Crippen LogP contribution in [0.3, 0.4) is 0 Å². The Labute approximate surface area is 107 Å². The minimum absolute atomic E-state index is 0.0423. The molecular weight excluding hydrogens is 236 g/mol. The van der Waals surface area contributed by atoms with Crippen molar-refractivity contribution in [3.63, 3.8) is 0 Å². The highest BCUT2D eigenvalue weighted by Gasteiger charge is 2.31. The summed E-state index contributed by atoms with van der Waals surface area (Å²) < 4.78 is 4.75. The highest BCUT2D eigenvalue weighted by Crippen LogP contribution is 2.30. The van der Waals surface area contributed by atoms with E-state index in [-0.39, 0.29) is 12.6 Å². The van der Waals surface area contributed by atoms with Crippen LogP contribution in [-0.4, -0.2) is 42.9 Å². The first-order valence-corrected chi connectivity index (χ1v) is 6.24. The van der Waals surface area contributed by atoms with Gasteiger partial charge in [-0.2, -0.15) is 0 Å². The molecule has 4 atom stereocenters. The van der Waals surface area contributed by atoms with Crippen molar-refractivity contribution in [3.8, 4) is 0 Å². The second-order valence-corrected chi connectivity index (χ2v) is 4.98. The van der Waals surface area contributed by atoms with Gasteiger partial charge in [0.1, 0.15) is 0 Å². The molecule has 1 rings (SSSR count). The van der Waals surface area contributed by atoms with Crippen LogP contribution >= 0.6 is 0 Å². The number of carbonyl (C=O) groups excluding carboxylic acids is 1. The third-order valence-corrected chi connectivity index (χ3v) is 3.72. The Kier molecular flexibility index (Phi) is 5.40. The van der Waals surface area contributed by atoms with Crippen molar-refractivity contribution >= 4 is 12.0 Å². The molecule has 3 N–H and O–H groups in total. The Morgan fingerprint density at radius 3 is 2.50 bits per heavy atom. The van der Waals surface area contributed by atoms with E-state index in [1.807, 2.05) is 0 Å². The lowest BCUT2D eigenvalue weighted by Crippen LogP contribution is -2.51. The smallest absolute Gasteiger partial charge is 0.328 e. The van der Waals surface area contributed by atoms with Crippen LogP contribution in [0.5, 0.6) is 0 Å². The normalized spacial score (nSPS) is 28.7. The largest absolute Gasteiger partial charge is 0.480 e. The highest BCUT2D eigenvalue weighted by molar-refractivity contribution is 5.82. The van der Waals surface area contributed by atoms with E-state index in [1.165, 1.54) is 7.11 Å². The molecular formula is C12H22N2O4. The summed E-state index contributed by atoms with van der Waals surface area (Å²) in [4.78, 5) is 22.6. The lowest BCUT2D eigenvalue weighted by atomic mass is 9.98. The maximum absolute atomic E-state index is 11.7. The van der Waals surface area contributed by atoms with Gasteiger partial charge in [-0.3, -0.25) is 0 Å². The number of urea groups is 1. The van der Waals surface area contributed by atoms with E-state index >= 15 is 0 Å². The third kappa shape index (κ3) is 3.87. The molecule has 0 spiro atoms. The molecule has 1 aliphatic rings. The van der Waals surface area contributed by atoms with Crippen molar-refractivity contribution in [2.24, 2.45) is 11.8 Å². The second kappa shape index (κ2) is 6.58. The summed E-state index contributed by atoms with van der Waals surface area (Å²) >= 11 is 0. The summed E-state index contributed by atoms with van der Waals surface area (Å²) in [6.07, 6.45) is 2.03. The number of ether oxygens (including phenoxy) is 1. The van der Waals surface area contributed by atoms with Crippen molar-refractivity contribution in [1.29, 1.82) is 0 Å². The SMILES string of the molecule is COCC(NC(=O)NC1CCC(C)C1C)C(=O)O. The average molecular weight is 258 g/mol. The quantitative estimate of drug-likeness (QED) is 0.681. The monoisotopic (exact) mass is 258 g/mol. The van der Waals surface area contributed by atoms with Crippen LogP contribution in [0, 0.1) is 11.8 Å². The van der Waals surface area contributed by atoms with Gasteiger partial charge in [0.05, 0.1) is 6.61 Å². The zero-order chi connectivity index (χ0) is 13.7. The van der Waals surface area contributed by atoms with Crippen molar-refractivity contribution in [2.45, 2.75) is 38.8 Å². The maximum Gasteiger partial charge on any atom is 0.328 e. The number of nitrogens with one attached hydrogen (secondary N) is 2. The number of methoxy groups -OCH3 is 1. The number of carboxylic acids is 1. The molecule has 0 bridgehead atoms. The van der Waals surface area contributed by atoms with Gasteiger partial charge < -0.3 is 20.5 Å². The van der Waals surface area contributed by atoms with Gasteiger partial charge >= 0.3 is 12.0 Å². The fourth-order valence-corrected chi connectivity index (χ4v) is 2.28. The van der Waals surface area contributed by atoms with Crippen molar-refractivity contribution < 1.29 is 19.4 Å². The number of amides is 2. The van der Waals surface area contributed by atoms with E-state index in [1.54, 1.807) is 0 Å². The summed E-state index contributed by atoms with van der Waals surface area (Å²) in [6, 6.07) is -1.33. The number of aliphatic carboxylic acids is 1. The molecule has 0 saturated heterocycles. The zero-order valence-corrected chi connectivity index (χ0v) is 11.1. The molecule has 0 aliphatic heterocycles. The molecule has 0 radical (unpaired) electrons. The van der Waals surface area contributed by atoms with E-state index in [4.69, 9.17) is 9.84 Å². The van der Waals surface area contributed by atoms with Gasteiger partial charge in [-0.15, -0.1) is 0 Å². The van der Waals surface area contributed by atoms with E-state index in [2.05, 4.69) is 24.5 Å². The third-order valence-electron chi connectivity index (χ3n) is 3.72.